The molecule has 1 aliphatic heterocycles. The molecular formula is C17H24N2O2. The smallest absolute Gasteiger partial charge is 0.255 e. The highest BCUT2D eigenvalue weighted by Gasteiger charge is 2.40. The molecule has 4 nitrogen and oxygen atoms in total. The highest BCUT2D eigenvalue weighted by atomic mass is 16.3. The van der Waals surface area contributed by atoms with Crippen LogP contribution in [0.5, 0.6) is 0 Å². The summed E-state index contributed by atoms with van der Waals surface area (Å²) in [5.41, 5.74) is 1.65. The normalized spacial score (nSPS) is 25.3. The second-order valence-corrected chi connectivity index (χ2v) is 6.60. The second-order valence-electron chi connectivity index (χ2n) is 6.60. The summed E-state index contributed by atoms with van der Waals surface area (Å²) in [5.74, 6) is 0.572. The van der Waals surface area contributed by atoms with Crippen LogP contribution in [-0.2, 0) is 0 Å². The van der Waals surface area contributed by atoms with Crippen LogP contribution in [0, 0.1) is 5.41 Å². The maximum absolute atomic E-state index is 12.8. The number of aliphatic hydroxyl groups is 1. The quantitative estimate of drug-likeness (QED) is 0.906. The van der Waals surface area contributed by atoms with Crippen LogP contribution in [0.25, 0.3) is 0 Å². The molecular weight excluding hydrogens is 264 g/mol. The van der Waals surface area contributed by atoms with Crippen LogP contribution in [-0.4, -0.2) is 40.6 Å². The largest absolute Gasteiger partial charge is 0.396 e. The van der Waals surface area contributed by atoms with E-state index in [1.807, 2.05) is 17.0 Å². The number of nitrogens with zero attached hydrogens (tertiary/aromatic N) is 2. The lowest BCUT2D eigenvalue weighted by atomic mass is 9.83. The average Bonchev–Trinajstić information content (AvgIpc) is 3.28. The Hall–Kier alpha value is -1.42. The highest BCUT2D eigenvalue weighted by Crippen LogP contribution is 2.41. The topological polar surface area (TPSA) is 53.4 Å². The fraction of sp³-hybridized carbons (Fsp3) is 0.647. The third kappa shape index (κ3) is 2.82. The van der Waals surface area contributed by atoms with Crippen molar-refractivity contribution < 1.29 is 9.90 Å². The minimum absolute atomic E-state index is 0.0909. The van der Waals surface area contributed by atoms with Crippen molar-refractivity contribution in [2.45, 2.75) is 44.9 Å². The van der Waals surface area contributed by atoms with E-state index in [1.54, 1.807) is 6.20 Å². The van der Waals surface area contributed by atoms with Crippen molar-refractivity contribution in [3.05, 3.63) is 29.6 Å². The van der Waals surface area contributed by atoms with Crippen molar-refractivity contribution in [2.24, 2.45) is 5.41 Å². The van der Waals surface area contributed by atoms with Crippen LogP contribution < -0.4 is 0 Å². The first-order valence-corrected chi connectivity index (χ1v) is 8.04. The first kappa shape index (κ1) is 14.5. The molecule has 1 atom stereocenters. The number of hydrogen-bond acceptors (Lipinski definition) is 3. The molecule has 2 aliphatic rings. The van der Waals surface area contributed by atoms with Crippen LogP contribution in [0.15, 0.2) is 18.3 Å². The molecule has 0 spiro atoms. The molecule has 1 saturated carbocycles. The van der Waals surface area contributed by atoms with Gasteiger partial charge < -0.3 is 10.0 Å². The Morgan fingerprint density at radius 2 is 2.33 bits per heavy atom. The molecule has 0 bridgehead atoms. The van der Waals surface area contributed by atoms with Crippen LogP contribution >= 0.6 is 0 Å². The van der Waals surface area contributed by atoms with E-state index in [9.17, 15) is 9.90 Å². The van der Waals surface area contributed by atoms with E-state index in [0.717, 1.165) is 49.9 Å². The Morgan fingerprint density at radius 3 is 3.00 bits per heavy atom. The lowest BCUT2D eigenvalue weighted by Gasteiger charge is -2.26. The molecule has 1 aromatic rings. The zero-order valence-electron chi connectivity index (χ0n) is 12.7. The van der Waals surface area contributed by atoms with E-state index < -0.39 is 0 Å². The fourth-order valence-electron chi connectivity index (χ4n) is 3.50. The van der Waals surface area contributed by atoms with Crippen LogP contribution in [0.4, 0.5) is 0 Å². The van der Waals surface area contributed by atoms with Gasteiger partial charge in [-0.2, -0.15) is 0 Å². The molecule has 2 heterocycles. The van der Waals surface area contributed by atoms with Gasteiger partial charge in [0, 0.05) is 30.6 Å². The van der Waals surface area contributed by atoms with Gasteiger partial charge >= 0.3 is 0 Å². The Labute approximate surface area is 126 Å². The number of pyridine rings is 1. The van der Waals surface area contributed by atoms with Gasteiger partial charge in [0.25, 0.3) is 5.91 Å². The Kier molecular flexibility index (Phi) is 3.98. The van der Waals surface area contributed by atoms with Gasteiger partial charge in [-0.05, 0) is 37.8 Å². The van der Waals surface area contributed by atoms with E-state index >= 15 is 0 Å². The Balaban J connectivity index is 1.78. The molecule has 1 aliphatic carbocycles. The Bertz CT molecular complexity index is 527. The average molecular weight is 288 g/mol. The monoisotopic (exact) mass is 288 g/mol. The minimum atomic E-state index is -0.0909. The van der Waals surface area contributed by atoms with E-state index in [2.05, 4.69) is 11.9 Å². The molecule has 1 N–H and O–H groups in total. The van der Waals surface area contributed by atoms with Gasteiger partial charge in [-0.15, -0.1) is 0 Å². The summed E-state index contributed by atoms with van der Waals surface area (Å²) in [6, 6.07) is 3.75. The molecule has 0 radical (unpaired) electrons. The van der Waals surface area contributed by atoms with Gasteiger partial charge in [-0.25, -0.2) is 0 Å². The molecule has 1 saturated heterocycles. The molecule has 2 fully saturated rings. The van der Waals surface area contributed by atoms with Crippen molar-refractivity contribution >= 4 is 5.91 Å². The minimum Gasteiger partial charge on any atom is -0.396 e. The molecule has 114 valence electrons. The highest BCUT2D eigenvalue weighted by molar-refractivity contribution is 5.95. The summed E-state index contributed by atoms with van der Waals surface area (Å²) in [6.07, 6.45) is 7.01. The summed E-state index contributed by atoms with van der Waals surface area (Å²) < 4.78 is 0. The Morgan fingerprint density at radius 1 is 1.52 bits per heavy atom. The standard InChI is InChI=1S/C17H24N2O2/c1-2-7-17(12-20)8-10-19(11-17)16(21)14-4-3-9-18-15(14)13-5-6-13/h3-4,9,13,20H,2,5-8,10-12H2,1H3. The number of rotatable bonds is 5. The van der Waals surface area contributed by atoms with Gasteiger partial charge in [-0.1, -0.05) is 13.3 Å². The van der Waals surface area contributed by atoms with Gasteiger partial charge in [0.05, 0.1) is 17.9 Å². The predicted octanol–water partition coefficient (Wildman–Crippen LogP) is 2.58. The zero-order valence-corrected chi connectivity index (χ0v) is 12.7. The molecule has 4 heteroatoms. The molecule has 1 unspecified atom stereocenters. The SMILES string of the molecule is CCCC1(CO)CCN(C(=O)c2cccnc2C2CC2)C1. The van der Waals surface area contributed by atoms with Crippen LogP contribution in [0.1, 0.15) is 61.0 Å². The second kappa shape index (κ2) is 5.76. The summed E-state index contributed by atoms with van der Waals surface area (Å²) in [4.78, 5) is 19.2. The third-order valence-electron chi connectivity index (χ3n) is 4.87. The number of hydrogen-bond donors (Lipinski definition) is 1. The van der Waals surface area contributed by atoms with Gasteiger partial charge in [0.1, 0.15) is 0 Å². The summed E-state index contributed by atoms with van der Waals surface area (Å²) in [6.45, 7) is 3.73. The van der Waals surface area contributed by atoms with Crippen LogP contribution in [0.3, 0.4) is 0 Å². The summed E-state index contributed by atoms with van der Waals surface area (Å²) >= 11 is 0. The molecule has 0 aromatic carbocycles. The first-order chi connectivity index (χ1) is 10.2. The van der Waals surface area contributed by atoms with E-state index in [4.69, 9.17) is 0 Å². The van der Waals surface area contributed by atoms with E-state index in [-0.39, 0.29) is 17.9 Å². The van der Waals surface area contributed by atoms with Crippen molar-refractivity contribution in [2.75, 3.05) is 19.7 Å². The number of carbonyl (C=O) groups is 1. The molecule has 3 rings (SSSR count). The predicted molar refractivity (Wildman–Crippen MR) is 81.2 cm³/mol. The van der Waals surface area contributed by atoms with Crippen molar-refractivity contribution in [1.29, 1.82) is 0 Å². The number of carbonyl (C=O) groups excluding carboxylic acids is 1. The van der Waals surface area contributed by atoms with Crippen molar-refractivity contribution in [3.63, 3.8) is 0 Å². The molecule has 1 amide bonds. The van der Waals surface area contributed by atoms with Gasteiger partial charge in [0.2, 0.25) is 0 Å². The van der Waals surface area contributed by atoms with E-state index in [1.165, 1.54) is 0 Å². The summed E-state index contributed by atoms with van der Waals surface area (Å²) in [5, 5.41) is 9.72. The summed E-state index contributed by atoms with van der Waals surface area (Å²) in [7, 11) is 0. The fourth-order valence-corrected chi connectivity index (χ4v) is 3.50. The van der Waals surface area contributed by atoms with Crippen molar-refractivity contribution in [3.8, 4) is 0 Å². The third-order valence-corrected chi connectivity index (χ3v) is 4.87. The number of aliphatic hydroxyl groups excluding tert-OH is 1. The van der Waals surface area contributed by atoms with Gasteiger partial charge in [-0.3, -0.25) is 9.78 Å². The lowest BCUT2D eigenvalue weighted by Crippen LogP contribution is -2.34. The van der Waals surface area contributed by atoms with Crippen LogP contribution in [0.2, 0.25) is 0 Å². The van der Waals surface area contributed by atoms with Crippen molar-refractivity contribution in [1.82, 2.24) is 9.88 Å². The number of likely N-dealkylation sites (tertiary alicyclic amines) is 1. The molecule has 21 heavy (non-hydrogen) atoms. The maximum atomic E-state index is 12.8. The number of aromatic nitrogens is 1. The zero-order chi connectivity index (χ0) is 14.9. The first-order valence-electron chi connectivity index (χ1n) is 8.04. The van der Waals surface area contributed by atoms with E-state index in [0.29, 0.717) is 12.5 Å². The maximum Gasteiger partial charge on any atom is 0.255 e. The van der Waals surface area contributed by atoms with Gasteiger partial charge in [0.15, 0.2) is 0 Å². The molecule has 1 aromatic heterocycles. The number of amides is 1. The lowest BCUT2D eigenvalue weighted by molar-refractivity contribution is 0.0728.